The van der Waals surface area contributed by atoms with Crippen molar-refractivity contribution in [3.63, 3.8) is 0 Å². The fraction of sp³-hybridized carbons (Fsp3) is 0.700. The Labute approximate surface area is 175 Å². The van der Waals surface area contributed by atoms with E-state index in [0.717, 1.165) is 50.0 Å². The number of aliphatic carboxylic acids is 2. The van der Waals surface area contributed by atoms with Gasteiger partial charge in [0.25, 0.3) is 5.88 Å². The van der Waals surface area contributed by atoms with Gasteiger partial charge >= 0.3 is 11.9 Å². The van der Waals surface area contributed by atoms with Crippen molar-refractivity contribution in [2.45, 2.75) is 57.8 Å². The number of carbonyl (C=O) groups is 2. The number of hydrogen-bond donors (Lipinski definition) is 2. The Hall–Kier alpha value is -2.00. The molecule has 1 aliphatic carbocycles. The van der Waals surface area contributed by atoms with E-state index in [2.05, 4.69) is 26.8 Å². The Morgan fingerprint density at radius 3 is 2.55 bits per heavy atom. The van der Waals surface area contributed by atoms with Gasteiger partial charge in [0, 0.05) is 13.1 Å². The highest BCUT2D eigenvalue weighted by Crippen LogP contribution is 2.29. The van der Waals surface area contributed by atoms with E-state index in [0.29, 0.717) is 0 Å². The van der Waals surface area contributed by atoms with Crippen molar-refractivity contribution in [3.05, 3.63) is 11.8 Å². The molecule has 1 aromatic heterocycles. The molecule has 0 radical (unpaired) electrons. The fourth-order valence-electron chi connectivity index (χ4n) is 3.72. The first-order valence-electron chi connectivity index (χ1n) is 10.3. The minimum atomic E-state index is -1.82. The van der Waals surface area contributed by atoms with Crippen LogP contribution in [0.25, 0.3) is 5.57 Å². The number of likely N-dealkylation sites (N-methyl/N-ethyl adjacent to an activating group) is 1. The second-order valence-electron chi connectivity index (χ2n) is 7.63. The van der Waals surface area contributed by atoms with E-state index in [1.165, 1.54) is 62.2 Å². The van der Waals surface area contributed by atoms with Crippen LogP contribution in [0.5, 0.6) is 5.88 Å². The number of aromatic nitrogens is 2. The summed E-state index contributed by atoms with van der Waals surface area (Å²) in [6.07, 6.45) is 14.4. The van der Waals surface area contributed by atoms with Crippen LogP contribution in [0.3, 0.4) is 0 Å². The molecule has 3 rings (SSSR count). The van der Waals surface area contributed by atoms with E-state index in [1.807, 2.05) is 0 Å². The van der Waals surface area contributed by atoms with Gasteiger partial charge in [-0.3, -0.25) is 0 Å². The number of unbranched alkanes of at least 4 members (excludes halogenated alkanes) is 1. The number of ether oxygens (including phenoxy) is 1. The van der Waals surface area contributed by atoms with Crippen LogP contribution in [0.1, 0.15) is 63.5 Å². The molecule has 2 N–H and O–H groups in total. The Morgan fingerprint density at radius 1 is 1.17 bits per heavy atom. The van der Waals surface area contributed by atoms with Gasteiger partial charge in [0.15, 0.2) is 0 Å². The van der Waals surface area contributed by atoms with Gasteiger partial charge in [0.1, 0.15) is 5.69 Å². The Balaban J connectivity index is 0.000000438. The van der Waals surface area contributed by atoms with Crippen molar-refractivity contribution in [3.8, 4) is 5.88 Å². The normalized spacial score (nSPS) is 17.8. The van der Waals surface area contributed by atoms with Crippen LogP contribution in [0, 0.1) is 5.92 Å². The maximum Gasteiger partial charge on any atom is 0.414 e. The molecular formula is C20H31N3O5S. The van der Waals surface area contributed by atoms with Gasteiger partial charge in [0.05, 0.1) is 18.3 Å². The summed E-state index contributed by atoms with van der Waals surface area (Å²) in [5.41, 5.74) is 2.23. The van der Waals surface area contributed by atoms with Gasteiger partial charge in [-0.2, -0.15) is 4.37 Å². The van der Waals surface area contributed by atoms with Crippen molar-refractivity contribution >= 4 is 29.2 Å². The van der Waals surface area contributed by atoms with Crippen molar-refractivity contribution in [2.75, 3.05) is 26.7 Å². The first-order valence-corrected chi connectivity index (χ1v) is 11.0. The maximum absolute atomic E-state index is 9.10. The standard InChI is InChI=1S/C18H29N3OS.C2H2O4/c1-21-12-7-11-16(14-21)17-18(20-23-19-17)22-13-6-5-10-15-8-3-2-4-9-15;3-1(4)2(5)6/h11,15H,2-10,12-14H2,1H3;(H,3,4)(H,5,6). The average Bonchev–Trinajstić information content (AvgIpc) is 3.17. The molecule has 9 heteroatoms. The summed E-state index contributed by atoms with van der Waals surface area (Å²) in [5, 5.41) is 14.8. The van der Waals surface area contributed by atoms with E-state index in [4.69, 9.17) is 24.5 Å². The lowest BCUT2D eigenvalue weighted by Crippen LogP contribution is -2.25. The van der Waals surface area contributed by atoms with Crippen molar-refractivity contribution < 1.29 is 24.5 Å². The lowest BCUT2D eigenvalue weighted by molar-refractivity contribution is -0.159. The fourth-order valence-corrected chi connectivity index (χ4v) is 4.25. The van der Waals surface area contributed by atoms with Crippen LogP contribution in [0.2, 0.25) is 0 Å². The monoisotopic (exact) mass is 425 g/mol. The molecule has 1 saturated carbocycles. The highest BCUT2D eigenvalue weighted by Gasteiger charge is 2.18. The first-order chi connectivity index (χ1) is 14.0. The van der Waals surface area contributed by atoms with E-state index in [1.54, 1.807) is 0 Å². The average molecular weight is 426 g/mol. The quantitative estimate of drug-likeness (QED) is 0.504. The second kappa shape index (κ2) is 12.5. The molecule has 1 aliphatic heterocycles. The van der Waals surface area contributed by atoms with Crippen LogP contribution < -0.4 is 4.74 Å². The summed E-state index contributed by atoms with van der Waals surface area (Å²) in [7, 11) is 2.15. The van der Waals surface area contributed by atoms with Gasteiger partial charge in [-0.1, -0.05) is 44.6 Å². The SMILES string of the molecule is CN1CCC=C(c2nsnc2OCCCCC2CCCCC2)C1.O=C(O)C(=O)O. The molecule has 29 heavy (non-hydrogen) atoms. The minimum absolute atomic E-state index is 0.745. The zero-order valence-electron chi connectivity index (χ0n) is 17.0. The highest BCUT2D eigenvalue weighted by atomic mass is 32.1. The molecular weight excluding hydrogens is 394 g/mol. The summed E-state index contributed by atoms with van der Waals surface area (Å²) < 4.78 is 14.7. The van der Waals surface area contributed by atoms with E-state index < -0.39 is 11.9 Å². The number of carboxylic acid groups (broad SMARTS) is 2. The Kier molecular flexibility index (Phi) is 10.1. The zero-order valence-corrected chi connectivity index (χ0v) is 17.8. The zero-order chi connectivity index (χ0) is 21.1. The summed E-state index contributed by atoms with van der Waals surface area (Å²) in [6, 6.07) is 0. The Morgan fingerprint density at radius 2 is 1.90 bits per heavy atom. The van der Waals surface area contributed by atoms with Crippen molar-refractivity contribution in [1.29, 1.82) is 0 Å². The lowest BCUT2D eigenvalue weighted by Gasteiger charge is -2.22. The van der Waals surface area contributed by atoms with Crippen LogP contribution in [0.4, 0.5) is 0 Å². The summed E-state index contributed by atoms with van der Waals surface area (Å²) in [4.78, 5) is 20.5. The van der Waals surface area contributed by atoms with E-state index >= 15 is 0 Å². The molecule has 1 aromatic rings. The molecule has 8 nitrogen and oxygen atoms in total. The third kappa shape index (κ3) is 8.49. The highest BCUT2D eigenvalue weighted by molar-refractivity contribution is 6.99. The van der Waals surface area contributed by atoms with Crippen molar-refractivity contribution in [1.82, 2.24) is 13.6 Å². The van der Waals surface area contributed by atoms with E-state index in [-0.39, 0.29) is 0 Å². The first kappa shape index (κ1) is 23.3. The molecule has 1 fully saturated rings. The van der Waals surface area contributed by atoms with Crippen LogP contribution in [-0.2, 0) is 9.59 Å². The maximum atomic E-state index is 9.10. The lowest BCUT2D eigenvalue weighted by atomic mass is 9.86. The van der Waals surface area contributed by atoms with Gasteiger partial charge in [-0.05, 0) is 37.8 Å². The molecule has 0 aromatic carbocycles. The molecule has 2 aliphatic rings. The van der Waals surface area contributed by atoms with Gasteiger partial charge in [-0.15, -0.1) is 4.37 Å². The van der Waals surface area contributed by atoms with Crippen LogP contribution in [0.15, 0.2) is 6.08 Å². The number of nitrogens with zero attached hydrogens (tertiary/aromatic N) is 3. The van der Waals surface area contributed by atoms with Crippen LogP contribution >= 0.6 is 11.7 Å². The molecule has 0 saturated heterocycles. The van der Waals surface area contributed by atoms with Crippen molar-refractivity contribution in [2.24, 2.45) is 5.92 Å². The van der Waals surface area contributed by atoms with Gasteiger partial charge in [-0.25, -0.2) is 9.59 Å². The number of hydrogen-bond acceptors (Lipinski definition) is 7. The number of carboxylic acids is 2. The molecule has 0 amide bonds. The predicted molar refractivity (Wildman–Crippen MR) is 111 cm³/mol. The molecule has 162 valence electrons. The molecule has 0 spiro atoms. The third-order valence-corrected chi connectivity index (χ3v) is 5.77. The number of rotatable bonds is 7. The second-order valence-corrected chi connectivity index (χ2v) is 8.16. The Bertz CT molecular complexity index is 673. The molecule has 2 heterocycles. The largest absolute Gasteiger partial charge is 0.475 e. The predicted octanol–water partition coefficient (Wildman–Crippen LogP) is 3.54. The smallest absolute Gasteiger partial charge is 0.414 e. The third-order valence-electron chi connectivity index (χ3n) is 5.26. The van der Waals surface area contributed by atoms with Gasteiger partial charge < -0.3 is 19.8 Å². The van der Waals surface area contributed by atoms with Gasteiger partial charge in [0.2, 0.25) is 0 Å². The summed E-state index contributed by atoms with van der Waals surface area (Å²) in [5.74, 6) is -1.93. The summed E-state index contributed by atoms with van der Waals surface area (Å²) >= 11 is 1.26. The molecule has 0 unspecified atom stereocenters. The topological polar surface area (TPSA) is 113 Å². The summed E-state index contributed by atoms with van der Waals surface area (Å²) in [6.45, 7) is 2.84. The van der Waals surface area contributed by atoms with Crippen LogP contribution in [-0.4, -0.2) is 62.5 Å². The molecule has 0 bridgehead atoms. The molecule has 0 atom stereocenters. The minimum Gasteiger partial charge on any atom is -0.475 e. The van der Waals surface area contributed by atoms with E-state index in [9.17, 15) is 0 Å².